The fourth-order valence-corrected chi connectivity index (χ4v) is 3.36. The highest BCUT2D eigenvalue weighted by atomic mass is 32.2. The van der Waals surface area contributed by atoms with E-state index in [0.29, 0.717) is 12.2 Å². The second-order valence-electron chi connectivity index (χ2n) is 5.72. The van der Waals surface area contributed by atoms with Crippen molar-refractivity contribution in [2.75, 3.05) is 11.9 Å². The van der Waals surface area contributed by atoms with Crippen molar-refractivity contribution < 1.29 is 22.3 Å². The molecule has 0 saturated carbocycles. The van der Waals surface area contributed by atoms with Gasteiger partial charge in [0.05, 0.1) is 10.6 Å². The number of halogens is 1. The first-order valence-corrected chi connectivity index (χ1v) is 9.59. The largest absolute Gasteiger partial charge is 0.484 e. The van der Waals surface area contributed by atoms with Crippen molar-refractivity contribution in [2.45, 2.75) is 31.2 Å². The zero-order valence-electron chi connectivity index (χ0n) is 14.5. The van der Waals surface area contributed by atoms with Crippen LogP contribution in [0.15, 0.2) is 53.4 Å². The Morgan fingerprint density at radius 3 is 2.42 bits per heavy atom. The molecule has 0 unspecified atom stereocenters. The summed E-state index contributed by atoms with van der Waals surface area (Å²) in [5.41, 5.74) is 0.0682. The van der Waals surface area contributed by atoms with Crippen LogP contribution in [0.5, 0.6) is 5.75 Å². The van der Waals surface area contributed by atoms with E-state index < -0.39 is 21.7 Å². The lowest BCUT2D eigenvalue weighted by Gasteiger charge is -2.12. The van der Waals surface area contributed by atoms with E-state index in [1.165, 1.54) is 42.5 Å². The summed E-state index contributed by atoms with van der Waals surface area (Å²) in [6.45, 7) is 3.34. The lowest BCUT2D eigenvalue weighted by atomic mass is 10.3. The minimum absolute atomic E-state index is 0.0682. The van der Waals surface area contributed by atoms with Gasteiger partial charge in [-0.15, -0.1) is 0 Å². The average molecular weight is 380 g/mol. The molecular formula is C18H21FN2O4S. The van der Waals surface area contributed by atoms with Crippen LogP contribution in [0.2, 0.25) is 0 Å². The number of rotatable bonds is 8. The molecule has 0 spiro atoms. The Balaban J connectivity index is 1.93. The summed E-state index contributed by atoms with van der Waals surface area (Å²) in [6.07, 6.45) is 0.678. The van der Waals surface area contributed by atoms with Crippen molar-refractivity contribution in [3.8, 4) is 5.75 Å². The molecular weight excluding hydrogens is 359 g/mol. The van der Waals surface area contributed by atoms with Crippen molar-refractivity contribution in [1.29, 1.82) is 0 Å². The molecule has 0 aliphatic heterocycles. The topological polar surface area (TPSA) is 84.5 Å². The fourth-order valence-electron chi connectivity index (χ4n) is 2.03. The van der Waals surface area contributed by atoms with Crippen LogP contribution in [0.25, 0.3) is 0 Å². The number of nitrogens with one attached hydrogen (secondary N) is 2. The van der Waals surface area contributed by atoms with Crippen LogP contribution < -0.4 is 14.8 Å². The Kier molecular flexibility index (Phi) is 6.70. The standard InChI is InChI=1S/C18H21FN2O4S/c1-3-13(2)21-26(23,24)15-10-8-14(9-11-15)25-12-18(22)20-17-7-5-4-6-16(17)19/h4-11,13,21H,3,12H2,1-2H3,(H,20,22)/t13-/m0/s1. The zero-order chi connectivity index (χ0) is 19.2. The Hall–Kier alpha value is -2.45. The molecule has 1 atom stereocenters. The lowest BCUT2D eigenvalue weighted by Crippen LogP contribution is -2.31. The molecule has 2 rings (SSSR count). The van der Waals surface area contributed by atoms with Crippen molar-refractivity contribution >= 4 is 21.6 Å². The minimum atomic E-state index is -3.59. The number of sulfonamides is 1. The molecule has 0 heterocycles. The van der Waals surface area contributed by atoms with E-state index in [0.717, 1.165) is 0 Å². The third-order valence-electron chi connectivity index (χ3n) is 3.62. The molecule has 0 aliphatic rings. The molecule has 0 fully saturated rings. The summed E-state index contributed by atoms with van der Waals surface area (Å²) >= 11 is 0. The SMILES string of the molecule is CC[C@H](C)NS(=O)(=O)c1ccc(OCC(=O)Nc2ccccc2F)cc1. The zero-order valence-corrected chi connectivity index (χ0v) is 15.3. The first kappa shape index (κ1) is 19.9. The Morgan fingerprint density at radius 1 is 1.15 bits per heavy atom. The number of hydrogen-bond acceptors (Lipinski definition) is 4. The number of anilines is 1. The van der Waals surface area contributed by atoms with Gasteiger partial charge in [-0.25, -0.2) is 17.5 Å². The van der Waals surface area contributed by atoms with E-state index in [9.17, 15) is 17.6 Å². The number of hydrogen-bond donors (Lipinski definition) is 2. The third-order valence-corrected chi connectivity index (χ3v) is 5.23. The van der Waals surface area contributed by atoms with Crippen LogP contribution in [-0.4, -0.2) is 27.0 Å². The maximum atomic E-state index is 13.5. The molecule has 0 aromatic heterocycles. The predicted molar refractivity (Wildman–Crippen MR) is 97.0 cm³/mol. The van der Waals surface area contributed by atoms with Crippen LogP contribution in [0.4, 0.5) is 10.1 Å². The van der Waals surface area contributed by atoms with Crippen LogP contribution in [0.3, 0.4) is 0 Å². The van der Waals surface area contributed by atoms with Crippen molar-refractivity contribution in [2.24, 2.45) is 0 Å². The van der Waals surface area contributed by atoms with Gasteiger partial charge in [0.2, 0.25) is 10.0 Å². The number of amides is 1. The summed E-state index contributed by atoms with van der Waals surface area (Å²) in [5, 5.41) is 2.40. The summed E-state index contributed by atoms with van der Waals surface area (Å²) < 4.78 is 45.6. The second-order valence-corrected chi connectivity index (χ2v) is 7.43. The molecule has 0 radical (unpaired) electrons. The van der Waals surface area contributed by atoms with Gasteiger partial charge in [0, 0.05) is 6.04 Å². The van der Waals surface area contributed by atoms with Gasteiger partial charge in [0.1, 0.15) is 11.6 Å². The number of para-hydroxylation sites is 1. The van der Waals surface area contributed by atoms with E-state index >= 15 is 0 Å². The van der Waals surface area contributed by atoms with Gasteiger partial charge >= 0.3 is 0 Å². The molecule has 6 nitrogen and oxygen atoms in total. The predicted octanol–water partition coefficient (Wildman–Crippen LogP) is 2.92. The van der Waals surface area contributed by atoms with E-state index in [2.05, 4.69) is 10.0 Å². The van der Waals surface area contributed by atoms with Gasteiger partial charge in [-0.1, -0.05) is 19.1 Å². The molecule has 8 heteroatoms. The molecule has 0 bridgehead atoms. The van der Waals surface area contributed by atoms with E-state index in [4.69, 9.17) is 4.74 Å². The van der Waals surface area contributed by atoms with Crippen LogP contribution in [0, 0.1) is 5.82 Å². The van der Waals surface area contributed by atoms with Crippen LogP contribution in [0.1, 0.15) is 20.3 Å². The van der Waals surface area contributed by atoms with Gasteiger partial charge in [-0.05, 0) is 49.7 Å². The second kappa shape index (κ2) is 8.77. The summed E-state index contributed by atoms with van der Waals surface area (Å²) in [5.74, 6) is -0.731. The van der Waals surface area contributed by atoms with Crippen molar-refractivity contribution in [3.05, 3.63) is 54.3 Å². The van der Waals surface area contributed by atoms with Crippen LogP contribution in [-0.2, 0) is 14.8 Å². The number of carbonyl (C=O) groups is 1. The average Bonchev–Trinajstić information content (AvgIpc) is 2.62. The highest BCUT2D eigenvalue weighted by Crippen LogP contribution is 2.17. The first-order valence-electron chi connectivity index (χ1n) is 8.11. The molecule has 0 saturated heterocycles. The first-order chi connectivity index (χ1) is 12.3. The molecule has 26 heavy (non-hydrogen) atoms. The minimum Gasteiger partial charge on any atom is -0.484 e. The van der Waals surface area contributed by atoms with E-state index in [1.54, 1.807) is 13.0 Å². The molecule has 2 aromatic carbocycles. The van der Waals surface area contributed by atoms with Gasteiger partial charge in [0.15, 0.2) is 6.61 Å². The number of ether oxygens (including phenoxy) is 1. The fraction of sp³-hybridized carbons (Fsp3) is 0.278. The monoisotopic (exact) mass is 380 g/mol. The number of benzene rings is 2. The highest BCUT2D eigenvalue weighted by Gasteiger charge is 2.16. The lowest BCUT2D eigenvalue weighted by molar-refractivity contribution is -0.118. The van der Waals surface area contributed by atoms with Crippen LogP contribution >= 0.6 is 0 Å². The molecule has 1 amide bonds. The Morgan fingerprint density at radius 2 is 1.81 bits per heavy atom. The van der Waals surface area contributed by atoms with Gasteiger partial charge in [-0.2, -0.15) is 0 Å². The molecule has 2 aromatic rings. The van der Waals surface area contributed by atoms with Crippen molar-refractivity contribution in [3.63, 3.8) is 0 Å². The quantitative estimate of drug-likeness (QED) is 0.737. The van der Waals surface area contributed by atoms with Gasteiger partial charge in [0.25, 0.3) is 5.91 Å². The van der Waals surface area contributed by atoms with E-state index in [-0.39, 0.29) is 23.2 Å². The van der Waals surface area contributed by atoms with Crippen molar-refractivity contribution in [1.82, 2.24) is 4.72 Å². The summed E-state index contributed by atoms with van der Waals surface area (Å²) in [4.78, 5) is 11.9. The Labute approximate surface area is 152 Å². The molecule has 0 aliphatic carbocycles. The Bertz CT molecular complexity index is 854. The third kappa shape index (κ3) is 5.53. The molecule has 140 valence electrons. The normalized spacial score (nSPS) is 12.4. The molecule has 2 N–H and O–H groups in total. The van der Waals surface area contributed by atoms with Gasteiger partial charge < -0.3 is 10.1 Å². The maximum Gasteiger partial charge on any atom is 0.262 e. The van der Waals surface area contributed by atoms with Gasteiger partial charge in [-0.3, -0.25) is 4.79 Å². The summed E-state index contributed by atoms with van der Waals surface area (Å²) in [6, 6.07) is 11.4. The number of carbonyl (C=O) groups excluding carboxylic acids is 1. The maximum absolute atomic E-state index is 13.5. The highest BCUT2D eigenvalue weighted by molar-refractivity contribution is 7.89. The van der Waals surface area contributed by atoms with E-state index in [1.807, 2.05) is 6.92 Å². The smallest absolute Gasteiger partial charge is 0.262 e. The summed E-state index contributed by atoms with van der Waals surface area (Å²) in [7, 11) is -3.59.